The number of aliphatic carboxylic acids is 1. The molecule has 1 aliphatic rings. The highest BCUT2D eigenvalue weighted by molar-refractivity contribution is 6.05. The zero-order valence-electron chi connectivity index (χ0n) is 21.7. The molecule has 0 spiro atoms. The first kappa shape index (κ1) is 27.5. The molecule has 38 heavy (non-hydrogen) atoms. The Morgan fingerprint density at radius 3 is 2.18 bits per heavy atom. The van der Waals surface area contributed by atoms with E-state index in [2.05, 4.69) is 5.32 Å². The van der Waals surface area contributed by atoms with Crippen molar-refractivity contribution in [3.8, 4) is 22.3 Å². The lowest BCUT2D eigenvalue weighted by molar-refractivity contribution is -0.139. The maximum absolute atomic E-state index is 13.9. The lowest BCUT2D eigenvalue weighted by Crippen LogP contribution is -2.29. The fourth-order valence-corrected chi connectivity index (χ4v) is 4.99. The van der Waals surface area contributed by atoms with E-state index < -0.39 is 24.6 Å². The number of carboxylic acid groups (broad SMARTS) is 1. The summed E-state index contributed by atoms with van der Waals surface area (Å²) in [6.07, 6.45) is -0.109. The summed E-state index contributed by atoms with van der Waals surface area (Å²) in [5.41, 5.74) is 4.49. The van der Waals surface area contributed by atoms with Crippen LogP contribution < -0.4 is 5.32 Å². The number of halogens is 1. The predicted octanol–water partition coefficient (Wildman–Crippen LogP) is 4.95. The molecule has 4 N–H and O–H groups in total. The minimum absolute atomic E-state index is 0.0683. The van der Waals surface area contributed by atoms with E-state index in [0.29, 0.717) is 12.1 Å². The van der Waals surface area contributed by atoms with Gasteiger partial charge in [0.15, 0.2) is 0 Å². The molecule has 0 bridgehead atoms. The molecule has 1 heterocycles. The van der Waals surface area contributed by atoms with E-state index in [4.69, 9.17) is 5.11 Å². The summed E-state index contributed by atoms with van der Waals surface area (Å²) in [4.78, 5) is 24.6. The van der Waals surface area contributed by atoms with Crippen LogP contribution in [0.2, 0.25) is 0 Å². The van der Waals surface area contributed by atoms with Crippen LogP contribution in [-0.4, -0.2) is 50.0 Å². The molecule has 202 valence electrons. The molecule has 0 unspecified atom stereocenters. The van der Waals surface area contributed by atoms with Crippen LogP contribution in [0.25, 0.3) is 22.3 Å². The molecular formula is C30H35FN2O5. The number of aliphatic hydroxyl groups excluding tert-OH is 2. The first-order chi connectivity index (χ1) is 18.2. The van der Waals surface area contributed by atoms with Crippen molar-refractivity contribution < 1.29 is 29.3 Å². The van der Waals surface area contributed by atoms with Crippen LogP contribution in [-0.2, 0) is 11.2 Å². The number of hydrogen-bond acceptors (Lipinski definition) is 4. The van der Waals surface area contributed by atoms with Gasteiger partial charge in [0.25, 0.3) is 5.91 Å². The van der Waals surface area contributed by atoms with Gasteiger partial charge in [-0.1, -0.05) is 42.5 Å². The van der Waals surface area contributed by atoms with Crippen LogP contribution >= 0.6 is 0 Å². The van der Waals surface area contributed by atoms with Gasteiger partial charge in [0.05, 0.1) is 18.6 Å². The number of carbonyl (C=O) groups excluding carboxylic acids is 1. The van der Waals surface area contributed by atoms with Crippen molar-refractivity contribution >= 4 is 11.9 Å². The number of hydrogen-bond donors (Lipinski definition) is 4. The molecule has 4 rings (SSSR count). The summed E-state index contributed by atoms with van der Waals surface area (Å²) in [5, 5.41) is 32.7. The molecule has 2 atom stereocenters. The van der Waals surface area contributed by atoms with Crippen LogP contribution in [0.4, 0.5) is 4.39 Å². The number of nitrogens with one attached hydrogen (secondary N) is 1. The zero-order valence-corrected chi connectivity index (χ0v) is 21.7. The Kier molecular flexibility index (Phi) is 8.64. The number of amides is 1. The monoisotopic (exact) mass is 522 g/mol. The molecule has 2 aromatic carbocycles. The van der Waals surface area contributed by atoms with E-state index in [9.17, 15) is 24.2 Å². The lowest BCUT2D eigenvalue weighted by atomic mass is 9.92. The highest BCUT2D eigenvalue weighted by atomic mass is 19.1. The maximum atomic E-state index is 13.9. The van der Waals surface area contributed by atoms with Gasteiger partial charge < -0.3 is 25.2 Å². The van der Waals surface area contributed by atoms with Gasteiger partial charge in [0.1, 0.15) is 11.5 Å². The zero-order chi connectivity index (χ0) is 27.4. The fourth-order valence-electron chi connectivity index (χ4n) is 4.99. The van der Waals surface area contributed by atoms with Crippen molar-refractivity contribution in [2.75, 3.05) is 0 Å². The number of nitrogens with zero attached hydrogens (tertiary/aromatic N) is 1. The largest absolute Gasteiger partial charge is 0.481 e. The van der Waals surface area contributed by atoms with Crippen molar-refractivity contribution in [1.82, 2.24) is 9.88 Å². The fraction of sp³-hybridized carbons (Fsp3) is 0.400. The number of rotatable bonds is 12. The van der Waals surface area contributed by atoms with Gasteiger partial charge in [0, 0.05) is 28.9 Å². The second-order valence-corrected chi connectivity index (χ2v) is 10.3. The number of benzene rings is 2. The second-order valence-electron chi connectivity index (χ2n) is 10.3. The summed E-state index contributed by atoms with van der Waals surface area (Å²) in [5.74, 6) is -1.67. The van der Waals surface area contributed by atoms with Gasteiger partial charge in [-0.15, -0.1) is 0 Å². The predicted molar refractivity (Wildman–Crippen MR) is 143 cm³/mol. The molecule has 1 aliphatic carbocycles. The van der Waals surface area contributed by atoms with Crippen molar-refractivity contribution in [2.45, 2.75) is 76.7 Å². The van der Waals surface area contributed by atoms with Crippen LogP contribution in [0.5, 0.6) is 0 Å². The first-order valence-electron chi connectivity index (χ1n) is 13.1. The minimum atomic E-state index is -1.16. The van der Waals surface area contributed by atoms with Crippen LogP contribution in [0.1, 0.15) is 68.2 Å². The average molecular weight is 523 g/mol. The van der Waals surface area contributed by atoms with Gasteiger partial charge >= 0.3 is 5.97 Å². The summed E-state index contributed by atoms with van der Waals surface area (Å²) < 4.78 is 15.9. The molecule has 7 nitrogen and oxygen atoms in total. The van der Waals surface area contributed by atoms with Crippen molar-refractivity contribution in [1.29, 1.82) is 0 Å². The van der Waals surface area contributed by atoms with E-state index in [1.165, 1.54) is 12.1 Å². The average Bonchev–Trinajstić information content (AvgIpc) is 3.60. The summed E-state index contributed by atoms with van der Waals surface area (Å²) in [7, 11) is 0. The number of aromatic nitrogens is 1. The first-order valence-corrected chi connectivity index (χ1v) is 13.1. The lowest BCUT2D eigenvalue weighted by Gasteiger charge is -2.20. The highest BCUT2D eigenvalue weighted by Crippen LogP contribution is 2.42. The normalized spacial score (nSPS) is 14.9. The number of carbonyl (C=O) groups is 2. The third kappa shape index (κ3) is 6.49. The number of aliphatic hydroxyl groups is 2. The summed E-state index contributed by atoms with van der Waals surface area (Å²) >= 11 is 0. The Morgan fingerprint density at radius 1 is 0.974 bits per heavy atom. The Morgan fingerprint density at radius 2 is 1.61 bits per heavy atom. The van der Waals surface area contributed by atoms with Gasteiger partial charge in [-0.2, -0.15) is 0 Å². The molecule has 1 fully saturated rings. The third-order valence-electron chi connectivity index (χ3n) is 6.82. The standard InChI is InChI=1S/C30H35FN2O5/c1-18(2)33-25(15-14-23(34)16-24(35)17-26(36)37)27(20-8-10-21(31)11-9-20)28(19-6-4-3-5-7-19)29(33)30(38)32-22-12-13-22/h3-11,18,22-24,34-35H,12-17H2,1-2H3,(H,32,38)(H,36,37)/t23-,24-/m1/s1. The molecule has 0 aliphatic heterocycles. The molecular weight excluding hydrogens is 487 g/mol. The van der Waals surface area contributed by atoms with E-state index in [0.717, 1.165) is 40.8 Å². The van der Waals surface area contributed by atoms with E-state index >= 15 is 0 Å². The smallest absolute Gasteiger partial charge is 0.305 e. The maximum Gasteiger partial charge on any atom is 0.305 e. The second kappa shape index (κ2) is 11.9. The molecule has 8 heteroatoms. The molecule has 0 radical (unpaired) electrons. The Labute approximate surface area is 221 Å². The molecule has 1 aromatic heterocycles. The third-order valence-corrected chi connectivity index (χ3v) is 6.82. The SMILES string of the molecule is CC(C)n1c(CC[C@@H](O)C[C@@H](O)CC(=O)O)c(-c2ccc(F)cc2)c(-c2ccccc2)c1C(=O)NC1CC1. The van der Waals surface area contributed by atoms with Crippen LogP contribution in [0.3, 0.4) is 0 Å². The van der Waals surface area contributed by atoms with Gasteiger partial charge in [0.2, 0.25) is 0 Å². The molecule has 1 amide bonds. The van der Waals surface area contributed by atoms with E-state index in [1.54, 1.807) is 12.1 Å². The molecule has 0 saturated heterocycles. The minimum Gasteiger partial charge on any atom is -0.481 e. The van der Waals surface area contributed by atoms with Crippen molar-refractivity contribution in [2.24, 2.45) is 0 Å². The van der Waals surface area contributed by atoms with Gasteiger partial charge in [-0.05, 0) is 69.2 Å². The molecule has 1 saturated carbocycles. The summed E-state index contributed by atoms with van der Waals surface area (Å²) in [6.45, 7) is 3.99. The van der Waals surface area contributed by atoms with Crippen LogP contribution in [0.15, 0.2) is 54.6 Å². The van der Waals surface area contributed by atoms with Gasteiger partial charge in [-0.25, -0.2) is 4.39 Å². The topological polar surface area (TPSA) is 112 Å². The van der Waals surface area contributed by atoms with Crippen LogP contribution in [0, 0.1) is 5.82 Å². The Hall–Kier alpha value is -3.49. The Bertz CT molecular complexity index is 1270. The highest BCUT2D eigenvalue weighted by Gasteiger charge is 2.33. The summed E-state index contributed by atoms with van der Waals surface area (Å²) in [6, 6.07) is 15.8. The van der Waals surface area contributed by atoms with Crippen molar-refractivity contribution in [3.63, 3.8) is 0 Å². The quantitative estimate of drug-likeness (QED) is 0.269. The Balaban J connectivity index is 1.85. The van der Waals surface area contributed by atoms with E-state index in [1.807, 2.05) is 48.7 Å². The van der Waals surface area contributed by atoms with E-state index in [-0.39, 0.29) is 36.6 Å². The van der Waals surface area contributed by atoms with Gasteiger partial charge in [-0.3, -0.25) is 9.59 Å². The number of carboxylic acids is 1. The molecule has 3 aromatic rings. The van der Waals surface area contributed by atoms with Crippen molar-refractivity contribution in [3.05, 3.63) is 71.8 Å².